The molecule has 0 aliphatic rings. The van der Waals surface area contributed by atoms with Crippen LogP contribution in [0.15, 0.2) is 29.3 Å². The molecule has 0 saturated heterocycles. The number of nitrogens with one attached hydrogen (secondary N) is 2. The van der Waals surface area contributed by atoms with Crippen molar-refractivity contribution in [1.29, 1.82) is 0 Å². The topological polar surface area (TPSA) is 70.6 Å². The lowest BCUT2D eigenvalue weighted by Crippen LogP contribution is -2.39. The van der Waals surface area contributed by atoms with E-state index in [1.807, 2.05) is 52.0 Å². The highest BCUT2D eigenvalue weighted by molar-refractivity contribution is 7.90. The molecule has 1 unspecified atom stereocenters. The van der Waals surface area contributed by atoms with E-state index in [0.29, 0.717) is 23.9 Å². The lowest BCUT2D eigenvalue weighted by Gasteiger charge is -2.24. The largest absolute Gasteiger partial charge is 0.357 e. The smallest absolute Gasteiger partial charge is 0.191 e. The molecular formula is C18H30ClN3O2S. The van der Waals surface area contributed by atoms with Gasteiger partial charge < -0.3 is 10.6 Å². The van der Waals surface area contributed by atoms with Crippen molar-refractivity contribution in [2.24, 2.45) is 10.4 Å². The third-order valence-electron chi connectivity index (χ3n) is 3.88. The van der Waals surface area contributed by atoms with Gasteiger partial charge in [0, 0.05) is 24.4 Å². The van der Waals surface area contributed by atoms with E-state index in [9.17, 15) is 8.42 Å². The summed E-state index contributed by atoms with van der Waals surface area (Å²) >= 11 is 6.26. The monoisotopic (exact) mass is 387 g/mol. The maximum Gasteiger partial charge on any atom is 0.191 e. The Hall–Kier alpha value is -1.27. The quantitative estimate of drug-likeness (QED) is 0.529. The second-order valence-corrected chi connectivity index (χ2v) is 9.79. The van der Waals surface area contributed by atoms with Gasteiger partial charge in [-0.05, 0) is 37.3 Å². The van der Waals surface area contributed by atoms with Gasteiger partial charge in [0.25, 0.3) is 0 Å². The van der Waals surface area contributed by atoms with Gasteiger partial charge in [-0.3, -0.25) is 4.99 Å². The molecule has 1 aromatic carbocycles. The fourth-order valence-corrected chi connectivity index (χ4v) is 3.49. The predicted molar refractivity (Wildman–Crippen MR) is 107 cm³/mol. The standard InChI is InChI=1S/C18H30ClN3O2S/c1-6-20-17(21-13-18(3,4)11-12-25(5,23)24)22-14(2)15-9-7-8-10-16(15)19/h7-10,14H,6,11-13H2,1-5H3,(H2,20,21,22). The number of hydrogen-bond donors (Lipinski definition) is 2. The van der Waals surface area contributed by atoms with Crippen LogP contribution >= 0.6 is 11.6 Å². The molecule has 0 bridgehead atoms. The average Bonchev–Trinajstić information content (AvgIpc) is 2.51. The summed E-state index contributed by atoms with van der Waals surface area (Å²) in [4.78, 5) is 4.64. The van der Waals surface area contributed by atoms with Gasteiger partial charge in [0.2, 0.25) is 0 Å². The SMILES string of the molecule is CCNC(=NCC(C)(C)CCS(C)(=O)=O)NC(C)c1ccccc1Cl. The van der Waals surface area contributed by atoms with E-state index in [0.717, 1.165) is 12.1 Å². The van der Waals surface area contributed by atoms with Crippen LogP contribution in [0.3, 0.4) is 0 Å². The first-order valence-electron chi connectivity index (χ1n) is 8.51. The number of aliphatic imine (C=N–C) groups is 1. The van der Waals surface area contributed by atoms with E-state index in [4.69, 9.17) is 11.6 Å². The molecule has 1 atom stereocenters. The lowest BCUT2D eigenvalue weighted by atomic mass is 9.90. The Kier molecular flexibility index (Phi) is 8.22. The van der Waals surface area contributed by atoms with Gasteiger partial charge in [0.1, 0.15) is 9.84 Å². The molecule has 2 N–H and O–H groups in total. The maximum atomic E-state index is 11.4. The summed E-state index contributed by atoms with van der Waals surface area (Å²) in [5, 5.41) is 7.30. The van der Waals surface area contributed by atoms with Crippen LogP contribution in [0, 0.1) is 5.41 Å². The van der Waals surface area contributed by atoms with Crippen LogP contribution < -0.4 is 10.6 Å². The highest BCUT2D eigenvalue weighted by Crippen LogP contribution is 2.23. The Bertz CT molecular complexity index is 687. The molecule has 5 nitrogen and oxygen atoms in total. The van der Waals surface area contributed by atoms with E-state index >= 15 is 0 Å². The van der Waals surface area contributed by atoms with Crippen LogP contribution in [0.2, 0.25) is 5.02 Å². The molecule has 0 amide bonds. The summed E-state index contributed by atoms with van der Waals surface area (Å²) in [5.41, 5.74) is 0.810. The van der Waals surface area contributed by atoms with Gasteiger partial charge in [-0.15, -0.1) is 0 Å². The number of halogens is 1. The predicted octanol–water partition coefficient (Wildman–Crippen LogP) is 3.42. The number of guanidine groups is 1. The zero-order valence-corrected chi connectivity index (χ0v) is 17.3. The molecule has 7 heteroatoms. The van der Waals surface area contributed by atoms with Crippen molar-refractivity contribution in [3.63, 3.8) is 0 Å². The summed E-state index contributed by atoms with van der Waals surface area (Å²) < 4.78 is 22.8. The van der Waals surface area contributed by atoms with Crippen molar-refractivity contribution < 1.29 is 8.42 Å². The van der Waals surface area contributed by atoms with Crippen molar-refractivity contribution in [2.75, 3.05) is 25.1 Å². The summed E-state index contributed by atoms with van der Waals surface area (Å²) in [6, 6.07) is 7.72. The molecule has 0 saturated carbocycles. The minimum Gasteiger partial charge on any atom is -0.357 e. The van der Waals surface area contributed by atoms with Crippen molar-refractivity contribution in [2.45, 2.75) is 40.2 Å². The van der Waals surface area contributed by atoms with Crippen LogP contribution in [0.4, 0.5) is 0 Å². The van der Waals surface area contributed by atoms with Gasteiger partial charge in [-0.2, -0.15) is 0 Å². The fourth-order valence-electron chi connectivity index (χ4n) is 2.26. The van der Waals surface area contributed by atoms with Crippen LogP contribution in [-0.4, -0.2) is 39.5 Å². The molecule has 0 heterocycles. The minimum atomic E-state index is -2.96. The fraction of sp³-hybridized carbons (Fsp3) is 0.611. The average molecular weight is 388 g/mol. The molecule has 0 fully saturated rings. The highest BCUT2D eigenvalue weighted by Gasteiger charge is 2.20. The van der Waals surface area contributed by atoms with E-state index in [2.05, 4.69) is 15.6 Å². The van der Waals surface area contributed by atoms with E-state index in [-0.39, 0.29) is 17.2 Å². The minimum absolute atomic E-state index is 0.00521. The summed E-state index contributed by atoms with van der Waals surface area (Å²) in [6.07, 6.45) is 1.85. The normalized spacial score (nSPS) is 14.2. The Labute approximate surface area is 157 Å². The molecule has 1 rings (SSSR count). The summed E-state index contributed by atoms with van der Waals surface area (Å²) in [5.74, 6) is 0.873. The molecule has 0 radical (unpaired) electrons. The van der Waals surface area contributed by atoms with E-state index in [1.165, 1.54) is 6.26 Å². The Morgan fingerprint density at radius 3 is 2.52 bits per heavy atom. The molecule has 0 spiro atoms. The van der Waals surface area contributed by atoms with Crippen molar-refractivity contribution in [1.82, 2.24) is 10.6 Å². The number of rotatable bonds is 8. The number of benzene rings is 1. The molecule has 0 aliphatic heterocycles. The van der Waals surface area contributed by atoms with Gasteiger partial charge in [0.05, 0.1) is 11.8 Å². The van der Waals surface area contributed by atoms with Gasteiger partial charge in [0.15, 0.2) is 5.96 Å². The summed E-state index contributed by atoms with van der Waals surface area (Å²) in [6.45, 7) is 9.37. The highest BCUT2D eigenvalue weighted by atomic mass is 35.5. The molecule has 0 aromatic heterocycles. The number of nitrogens with zero attached hydrogens (tertiary/aromatic N) is 1. The third-order valence-corrected chi connectivity index (χ3v) is 5.17. The Morgan fingerprint density at radius 2 is 1.96 bits per heavy atom. The molecule has 0 aliphatic carbocycles. The van der Waals surface area contributed by atoms with Crippen molar-refractivity contribution in [3.8, 4) is 0 Å². The first-order valence-corrected chi connectivity index (χ1v) is 10.9. The first kappa shape index (κ1) is 21.8. The molecule has 1 aromatic rings. The van der Waals surface area contributed by atoms with Crippen LogP contribution in [0.25, 0.3) is 0 Å². The first-order chi connectivity index (χ1) is 11.5. The van der Waals surface area contributed by atoms with Crippen LogP contribution in [0.1, 0.15) is 45.7 Å². The van der Waals surface area contributed by atoms with Crippen molar-refractivity contribution in [3.05, 3.63) is 34.9 Å². The van der Waals surface area contributed by atoms with E-state index in [1.54, 1.807) is 0 Å². The zero-order valence-electron chi connectivity index (χ0n) is 15.8. The van der Waals surface area contributed by atoms with Gasteiger partial charge in [-0.1, -0.05) is 43.6 Å². The number of hydrogen-bond acceptors (Lipinski definition) is 3. The van der Waals surface area contributed by atoms with E-state index < -0.39 is 9.84 Å². The second kappa shape index (κ2) is 9.43. The van der Waals surface area contributed by atoms with Crippen LogP contribution in [-0.2, 0) is 9.84 Å². The lowest BCUT2D eigenvalue weighted by molar-refractivity contribution is 0.365. The molecule has 142 valence electrons. The summed E-state index contributed by atoms with van der Waals surface area (Å²) in [7, 11) is -2.96. The maximum absolute atomic E-state index is 11.4. The number of sulfone groups is 1. The second-order valence-electron chi connectivity index (χ2n) is 7.13. The molecule has 25 heavy (non-hydrogen) atoms. The van der Waals surface area contributed by atoms with Gasteiger partial charge >= 0.3 is 0 Å². The zero-order chi connectivity index (χ0) is 19.1. The molecular weight excluding hydrogens is 358 g/mol. The van der Waals surface area contributed by atoms with Gasteiger partial charge in [-0.25, -0.2) is 8.42 Å². The van der Waals surface area contributed by atoms with Crippen LogP contribution in [0.5, 0.6) is 0 Å². The Balaban J connectivity index is 2.78. The Morgan fingerprint density at radius 1 is 1.32 bits per heavy atom. The van der Waals surface area contributed by atoms with Crippen molar-refractivity contribution >= 4 is 27.4 Å². The third kappa shape index (κ3) is 8.59.